The summed E-state index contributed by atoms with van der Waals surface area (Å²) >= 11 is 9.66. The van der Waals surface area contributed by atoms with Crippen LogP contribution >= 0.6 is 27.5 Å². The molecule has 116 valence electrons. The Balaban J connectivity index is 1.99. The molecule has 0 bridgehead atoms. The summed E-state index contributed by atoms with van der Waals surface area (Å²) in [5.74, 6) is -0.634. The fraction of sp³-hybridized carbons (Fsp3) is 0.562. The molecule has 1 fully saturated rings. The van der Waals surface area contributed by atoms with Crippen LogP contribution in [0.15, 0.2) is 22.7 Å². The van der Waals surface area contributed by atoms with E-state index < -0.39 is 11.4 Å². The largest absolute Gasteiger partial charge is 0.481 e. The smallest absolute Gasteiger partial charge is 0.309 e. The summed E-state index contributed by atoms with van der Waals surface area (Å²) in [6.45, 7) is 4.48. The van der Waals surface area contributed by atoms with Gasteiger partial charge < -0.3 is 5.11 Å². The summed E-state index contributed by atoms with van der Waals surface area (Å²) in [5, 5.41) is 10.3. The quantitative estimate of drug-likeness (QED) is 0.820. The summed E-state index contributed by atoms with van der Waals surface area (Å²) < 4.78 is 0.975. The molecule has 0 aliphatic carbocycles. The average Bonchev–Trinajstić information content (AvgIpc) is 2.44. The number of carboxylic acid groups (broad SMARTS) is 1. The Labute approximate surface area is 139 Å². The molecule has 2 rings (SSSR count). The van der Waals surface area contributed by atoms with E-state index in [0.29, 0.717) is 0 Å². The molecule has 1 aliphatic heterocycles. The van der Waals surface area contributed by atoms with Gasteiger partial charge in [-0.2, -0.15) is 0 Å². The highest BCUT2D eigenvalue weighted by atomic mass is 79.9. The van der Waals surface area contributed by atoms with Gasteiger partial charge in [-0.1, -0.05) is 46.9 Å². The first-order valence-corrected chi connectivity index (χ1v) is 8.53. The topological polar surface area (TPSA) is 40.5 Å². The number of likely N-dealkylation sites (tertiary alicyclic amines) is 1. The lowest BCUT2D eigenvalue weighted by Crippen LogP contribution is -2.44. The maximum absolute atomic E-state index is 11.6. The van der Waals surface area contributed by atoms with Crippen LogP contribution in [0.2, 0.25) is 5.02 Å². The van der Waals surface area contributed by atoms with Gasteiger partial charge in [-0.15, -0.1) is 0 Å². The Morgan fingerprint density at radius 2 is 2.10 bits per heavy atom. The fourth-order valence-electron chi connectivity index (χ4n) is 3.08. The summed E-state index contributed by atoms with van der Waals surface area (Å²) in [5.41, 5.74) is 0.576. The SMILES string of the molecule is CCCC1(C(=O)O)CCN(Cc2ccc(Br)cc2Cl)CC1. The Kier molecular flexibility index (Phi) is 5.69. The van der Waals surface area contributed by atoms with Crippen LogP contribution in [0.3, 0.4) is 0 Å². The number of aliphatic carboxylic acids is 1. The fourth-order valence-corrected chi connectivity index (χ4v) is 3.81. The molecule has 0 aromatic heterocycles. The predicted molar refractivity (Wildman–Crippen MR) is 88.6 cm³/mol. The summed E-state index contributed by atoms with van der Waals surface area (Å²) in [4.78, 5) is 13.9. The van der Waals surface area contributed by atoms with Crippen molar-refractivity contribution in [3.8, 4) is 0 Å². The highest BCUT2D eigenvalue weighted by Crippen LogP contribution is 2.37. The van der Waals surface area contributed by atoms with Crippen molar-refractivity contribution in [2.75, 3.05) is 13.1 Å². The molecule has 0 atom stereocenters. The van der Waals surface area contributed by atoms with Crippen molar-refractivity contribution in [3.05, 3.63) is 33.3 Å². The van der Waals surface area contributed by atoms with Gasteiger partial charge in [0.05, 0.1) is 5.41 Å². The first-order chi connectivity index (χ1) is 9.97. The van der Waals surface area contributed by atoms with Crippen LogP contribution in [0.25, 0.3) is 0 Å². The van der Waals surface area contributed by atoms with Gasteiger partial charge in [0.15, 0.2) is 0 Å². The van der Waals surface area contributed by atoms with Gasteiger partial charge in [0.25, 0.3) is 0 Å². The van der Waals surface area contributed by atoms with Crippen molar-refractivity contribution in [3.63, 3.8) is 0 Å². The molecule has 1 aliphatic rings. The Morgan fingerprint density at radius 3 is 2.62 bits per heavy atom. The van der Waals surface area contributed by atoms with Gasteiger partial charge >= 0.3 is 5.97 Å². The van der Waals surface area contributed by atoms with Gasteiger partial charge in [-0.05, 0) is 50.0 Å². The van der Waals surface area contributed by atoms with E-state index in [0.717, 1.165) is 60.4 Å². The van der Waals surface area contributed by atoms with Crippen LogP contribution in [-0.4, -0.2) is 29.1 Å². The van der Waals surface area contributed by atoms with Crippen molar-refractivity contribution in [1.29, 1.82) is 0 Å². The van der Waals surface area contributed by atoms with Crippen LogP contribution in [0.5, 0.6) is 0 Å². The van der Waals surface area contributed by atoms with Crippen LogP contribution in [-0.2, 0) is 11.3 Å². The molecule has 1 heterocycles. The number of nitrogens with zero attached hydrogens (tertiary/aromatic N) is 1. The minimum absolute atomic E-state index is 0.519. The molecule has 0 unspecified atom stereocenters. The average molecular weight is 375 g/mol. The van der Waals surface area contributed by atoms with Crippen LogP contribution < -0.4 is 0 Å². The molecule has 1 aromatic rings. The van der Waals surface area contributed by atoms with E-state index in [1.807, 2.05) is 18.2 Å². The summed E-state index contributed by atoms with van der Waals surface area (Å²) in [6, 6.07) is 5.92. The van der Waals surface area contributed by atoms with E-state index in [1.54, 1.807) is 0 Å². The zero-order valence-corrected chi connectivity index (χ0v) is 14.6. The lowest BCUT2D eigenvalue weighted by atomic mass is 9.75. The van der Waals surface area contributed by atoms with Gasteiger partial charge in [-0.3, -0.25) is 9.69 Å². The molecule has 0 radical (unpaired) electrons. The second kappa shape index (κ2) is 7.12. The highest BCUT2D eigenvalue weighted by molar-refractivity contribution is 9.10. The van der Waals surface area contributed by atoms with E-state index in [9.17, 15) is 9.90 Å². The Hall–Kier alpha value is -0.580. The monoisotopic (exact) mass is 373 g/mol. The number of halogens is 2. The number of hydrogen-bond acceptors (Lipinski definition) is 2. The van der Waals surface area contributed by atoms with Crippen molar-refractivity contribution >= 4 is 33.5 Å². The number of piperidine rings is 1. The third kappa shape index (κ3) is 3.99. The molecule has 5 heteroatoms. The number of rotatable bonds is 5. The van der Waals surface area contributed by atoms with Gasteiger partial charge in [0, 0.05) is 16.0 Å². The minimum Gasteiger partial charge on any atom is -0.481 e. The molecule has 0 amide bonds. The molecule has 1 aromatic carbocycles. The van der Waals surface area contributed by atoms with E-state index >= 15 is 0 Å². The lowest BCUT2D eigenvalue weighted by Gasteiger charge is -2.39. The van der Waals surface area contributed by atoms with Crippen molar-refractivity contribution in [1.82, 2.24) is 4.90 Å². The van der Waals surface area contributed by atoms with E-state index in [-0.39, 0.29) is 0 Å². The molecule has 0 saturated carbocycles. The lowest BCUT2D eigenvalue weighted by molar-refractivity contribution is -0.152. The number of carbonyl (C=O) groups is 1. The molecule has 1 N–H and O–H groups in total. The van der Waals surface area contributed by atoms with Gasteiger partial charge in [0.2, 0.25) is 0 Å². The zero-order valence-electron chi connectivity index (χ0n) is 12.2. The molecule has 3 nitrogen and oxygen atoms in total. The first kappa shape index (κ1) is 16.8. The summed E-state index contributed by atoms with van der Waals surface area (Å²) in [6.07, 6.45) is 3.15. The second-order valence-corrected chi connectivity index (χ2v) is 7.17. The molecular formula is C16H21BrClNO2. The van der Waals surface area contributed by atoms with E-state index in [1.165, 1.54) is 0 Å². The van der Waals surface area contributed by atoms with Crippen molar-refractivity contribution in [2.24, 2.45) is 5.41 Å². The van der Waals surface area contributed by atoms with Crippen LogP contribution in [0, 0.1) is 5.41 Å². The molecule has 21 heavy (non-hydrogen) atoms. The number of carboxylic acids is 1. The minimum atomic E-state index is -0.634. The number of benzene rings is 1. The molecule has 1 saturated heterocycles. The van der Waals surface area contributed by atoms with Gasteiger partial charge in [0.1, 0.15) is 0 Å². The van der Waals surface area contributed by atoms with Crippen LogP contribution in [0.1, 0.15) is 38.2 Å². The van der Waals surface area contributed by atoms with Crippen molar-refractivity contribution < 1.29 is 9.90 Å². The zero-order chi connectivity index (χ0) is 15.5. The Bertz CT molecular complexity index is 513. The number of hydrogen-bond donors (Lipinski definition) is 1. The van der Waals surface area contributed by atoms with Crippen LogP contribution in [0.4, 0.5) is 0 Å². The molecule has 0 spiro atoms. The highest BCUT2D eigenvalue weighted by Gasteiger charge is 2.40. The van der Waals surface area contributed by atoms with E-state index in [4.69, 9.17) is 11.6 Å². The third-order valence-electron chi connectivity index (χ3n) is 4.40. The first-order valence-electron chi connectivity index (χ1n) is 7.36. The van der Waals surface area contributed by atoms with E-state index in [2.05, 4.69) is 27.8 Å². The maximum Gasteiger partial charge on any atom is 0.309 e. The van der Waals surface area contributed by atoms with Crippen molar-refractivity contribution in [2.45, 2.75) is 39.2 Å². The normalized spacial score (nSPS) is 18.6. The predicted octanol–water partition coefficient (Wildman–Crippen LogP) is 4.57. The standard InChI is InChI=1S/C16H21BrClNO2/c1-2-5-16(15(20)21)6-8-19(9-7-16)11-12-3-4-13(17)10-14(12)18/h3-4,10H,2,5-9,11H2,1H3,(H,20,21). The third-order valence-corrected chi connectivity index (χ3v) is 5.25. The maximum atomic E-state index is 11.6. The second-order valence-electron chi connectivity index (χ2n) is 5.85. The molecular weight excluding hydrogens is 354 g/mol. The summed E-state index contributed by atoms with van der Waals surface area (Å²) in [7, 11) is 0. The van der Waals surface area contributed by atoms with Gasteiger partial charge in [-0.25, -0.2) is 0 Å². The Morgan fingerprint density at radius 1 is 1.43 bits per heavy atom.